The van der Waals surface area contributed by atoms with Gasteiger partial charge in [0.15, 0.2) is 5.16 Å². The van der Waals surface area contributed by atoms with Gasteiger partial charge in [-0.25, -0.2) is 0 Å². The van der Waals surface area contributed by atoms with Crippen LogP contribution < -0.4 is 5.73 Å². The number of nitrogens with zero attached hydrogens (tertiary/aromatic N) is 3. The zero-order chi connectivity index (χ0) is 12.8. The molecule has 1 aromatic rings. The van der Waals surface area contributed by atoms with E-state index in [1.54, 1.807) is 11.8 Å². The number of rotatable bonds is 6. The van der Waals surface area contributed by atoms with Crippen LogP contribution in [0.1, 0.15) is 18.7 Å². The Morgan fingerprint density at radius 3 is 3.11 bits per heavy atom. The van der Waals surface area contributed by atoms with E-state index in [2.05, 4.69) is 16.8 Å². The zero-order valence-corrected chi connectivity index (χ0v) is 11.4. The Labute approximate surface area is 112 Å². The van der Waals surface area contributed by atoms with E-state index < -0.39 is 0 Å². The van der Waals surface area contributed by atoms with Gasteiger partial charge in [-0.3, -0.25) is 0 Å². The average molecular weight is 268 g/mol. The van der Waals surface area contributed by atoms with Crippen LogP contribution in [0.5, 0.6) is 0 Å². The number of aromatic nitrogens is 3. The van der Waals surface area contributed by atoms with Crippen LogP contribution in [-0.2, 0) is 17.8 Å². The molecule has 5 nitrogen and oxygen atoms in total. The lowest BCUT2D eigenvalue weighted by atomic mass is 10.1. The second kappa shape index (κ2) is 6.92. The van der Waals surface area contributed by atoms with Crippen LogP contribution >= 0.6 is 11.8 Å². The number of allylic oxidation sites excluding steroid dienone is 1. The third kappa shape index (κ3) is 3.34. The first-order valence-corrected chi connectivity index (χ1v) is 7.27. The summed E-state index contributed by atoms with van der Waals surface area (Å²) in [4.78, 5) is 0. The van der Waals surface area contributed by atoms with E-state index in [9.17, 15) is 0 Å². The molecule has 0 radical (unpaired) electrons. The van der Waals surface area contributed by atoms with E-state index in [-0.39, 0.29) is 0 Å². The first-order chi connectivity index (χ1) is 8.85. The summed E-state index contributed by atoms with van der Waals surface area (Å²) >= 11 is 1.74. The molecule has 1 fully saturated rings. The van der Waals surface area contributed by atoms with Crippen molar-refractivity contribution in [2.75, 3.05) is 19.0 Å². The van der Waals surface area contributed by atoms with Crippen molar-refractivity contribution in [2.45, 2.75) is 31.1 Å². The highest BCUT2D eigenvalue weighted by Gasteiger charge is 2.17. The number of nitrogens with two attached hydrogens (primary N) is 1. The van der Waals surface area contributed by atoms with Crippen LogP contribution in [0.25, 0.3) is 0 Å². The van der Waals surface area contributed by atoms with E-state index in [0.29, 0.717) is 19.0 Å². The van der Waals surface area contributed by atoms with Crippen molar-refractivity contribution in [2.24, 2.45) is 11.7 Å². The molecule has 0 aromatic carbocycles. The van der Waals surface area contributed by atoms with Crippen LogP contribution in [0, 0.1) is 5.92 Å². The maximum Gasteiger partial charge on any atom is 0.191 e. The smallest absolute Gasteiger partial charge is 0.191 e. The monoisotopic (exact) mass is 268 g/mol. The Hall–Kier alpha value is -0.850. The molecule has 0 spiro atoms. The summed E-state index contributed by atoms with van der Waals surface area (Å²) in [7, 11) is 0. The van der Waals surface area contributed by atoms with Crippen molar-refractivity contribution in [1.82, 2.24) is 14.8 Å². The SMILES string of the molecule is C=CCn1c(CN)nnc1SCC1CCCOC1. The molecule has 1 aromatic heterocycles. The van der Waals surface area contributed by atoms with E-state index in [1.165, 1.54) is 12.8 Å². The summed E-state index contributed by atoms with van der Waals surface area (Å²) in [5, 5.41) is 9.23. The Morgan fingerprint density at radius 2 is 2.44 bits per heavy atom. The van der Waals surface area contributed by atoms with Crippen molar-refractivity contribution in [3.05, 3.63) is 18.5 Å². The molecular formula is C12H20N4OS. The van der Waals surface area contributed by atoms with Crippen molar-refractivity contribution < 1.29 is 4.74 Å². The molecule has 0 saturated carbocycles. The van der Waals surface area contributed by atoms with E-state index in [1.807, 2.05) is 10.6 Å². The van der Waals surface area contributed by atoms with Gasteiger partial charge in [-0.2, -0.15) is 0 Å². The van der Waals surface area contributed by atoms with Crippen LogP contribution in [0.3, 0.4) is 0 Å². The van der Waals surface area contributed by atoms with Gasteiger partial charge >= 0.3 is 0 Å². The number of ether oxygens (including phenoxy) is 1. The molecule has 1 saturated heterocycles. The topological polar surface area (TPSA) is 66.0 Å². The van der Waals surface area contributed by atoms with Gasteiger partial charge < -0.3 is 15.0 Å². The predicted octanol–water partition coefficient (Wildman–Crippen LogP) is 1.44. The van der Waals surface area contributed by atoms with Gasteiger partial charge in [0.2, 0.25) is 0 Å². The molecule has 6 heteroatoms. The van der Waals surface area contributed by atoms with Crippen molar-refractivity contribution in [3.8, 4) is 0 Å². The first kappa shape index (κ1) is 13.6. The first-order valence-electron chi connectivity index (χ1n) is 6.28. The summed E-state index contributed by atoms with van der Waals surface area (Å²) in [6.07, 6.45) is 4.25. The summed E-state index contributed by atoms with van der Waals surface area (Å²) in [5.74, 6) is 2.47. The fourth-order valence-electron chi connectivity index (χ4n) is 2.02. The summed E-state index contributed by atoms with van der Waals surface area (Å²) in [6.45, 7) is 6.65. The van der Waals surface area contributed by atoms with E-state index in [4.69, 9.17) is 10.5 Å². The second-order valence-corrected chi connectivity index (χ2v) is 5.38. The average Bonchev–Trinajstić information content (AvgIpc) is 2.80. The highest BCUT2D eigenvalue weighted by molar-refractivity contribution is 7.99. The second-order valence-electron chi connectivity index (χ2n) is 4.40. The van der Waals surface area contributed by atoms with Crippen molar-refractivity contribution in [1.29, 1.82) is 0 Å². The van der Waals surface area contributed by atoms with Gasteiger partial charge in [-0.1, -0.05) is 17.8 Å². The Balaban J connectivity index is 1.95. The number of thioether (sulfide) groups is 1. The Kier molecular flexibility index (Phi) is 5.22. The number of hydrogen-bond donors (Lipinski definition) is 1. The fourth-order valence-corrected chi connectivity index (χ4v) is 3.10. The van der Waals surface area contributed by atoms with Gasteiger partial charge in [0.25, 0.3) is 0 Å². The Bertz CT molecular complexity index is 387. The molecule has 1 atom stereocenters. The van der Waals surface area contributed by atoms with Crippen molar-refractivity contribution >= 4 is 11.8 Å². The van der Waals surface area contributed by atoms with Crippen molar-refractivity contribution in [3.63, 3.8) is 0 Å². The largest absolute Gasteiger partial charge is 0.381 e. The lowest BCUT2D eigenvalue weighted by Crippen LogP contribution is -2.19. The van der Waals surface area contributed by atoms with Crippen LogP contribution in [-0.4, -0.2) is 33.7 Å². The normalized spacial score (nSPS) is 19.9. The Morgan fingerprint density at radius 1 is 1.56 bits per heavy atom. The molecule has 100 valence electrons. The van der Waals surface area contributed by atoms with Gasteiger partial charge in [-0.05, 0) is 18.8 Å². The minimum Gasteiger partial charge on any atom is -0.381 e. The van der Waals surface area contributed by atoms with E-state index >= 15 is 0 Å². The third-order valence-corrected chi connectivity index (χ3v) is 4.19. The minimum absolute atomic E-state index is 0.411. The molecule has 0 amide bonds. The molecule has 0 aliphatic carbocycles. The predicted molar refractivity (Wildman–Crippen MR) is 72.4 cm³/mol. The lowest BCUT2D eigenvalue weighted by Gasteiger charge is -2.21. The molecule has 18 heavy (non-hydrogen) atoms. The van der Waals surface area contributed by atoms with Gasteiger partial charge in [0.05, 0.1) is 13.2 Å². The molecular weight excluding hydrogens is 248 g/mol. The molecule has 2 rings (SSSR count). The van der Waals surface area contributed by atoms with Gasteiger partial charge in [0.1, 0.15) is 5.82 Å². The maximum absolute atomic E-state index is 5.65. The summed E-state index contributed by atoms with van der Waals surface area (Å²) < 4.78 is 7.51. The summed E-state index contributed by atoms with van der Waals surface area (Å²) in [5.41, 5.74) is 5.65. The van der Waals surface area contributed by atoms with Gasteiger partial charge in [-0.15, -0.1) is 16.8 Å². The zero-order valence-electron chi connectivity index (χ0n) is 10.5. The van der Waals surface area contributed by atoms with Gasteiger partial charge in [0, 0.05) is 18.9 Å². The van der Waals surface area contributed by atoms with E-state index in [0.717, 1.165) is 29.9 Å². The molecule has 1 aliphatic heterocycles. The minimum atomic E-state index is 0.411. The quantitative estimate of drug-likeness (QED) is 0.624. The fraction of sp³-hybridized carbons (Fsp3) is 0.667. The van der Waals surface area contributed by atoms with Crippen LogP contribution in [0.4, 0.5) is 0 Å². The standard InChI is InChI=1S/C12H20N4OS/c1-2-5-16-11(7-13)14-15-12(16)18-9-10-4-3-6-17-8-10/h2,10H,1,3-9,13H2. The maximum atomic E-state index is 5.65. The molecule has 2 heterocycles. The molecule has 1 aliphatic rings. The lowest BCUT2D eigenvalue weighted by molar-refractivity contribution is 0.0632. The molecule has 2 N–H and O–H groups in total. The van der Waals surface area contributed by atoms with Crippen LogP contribution in [0.2, 0.25) is 0 Å². The highest BCUT2D eigenvalue weighted by Crippen LogP contribution is 2.24. The van der Waals surface area contributed by atoms with Crippen LogP contribution in [0.15, 0.2) is 17.8 Å². The third-order valence-electron chi connectivity index (χ3n) is 2.99. The summed E-state index contributed by atoms with van der Waals surface area (Å²) in [6, 6.07) is 0. The molecule has 1 unspecified atom stereocenters. The highest BCUT2D eigenvalue weighted by atomic mass is 32.2. The number of hydrogen-bond acceptors (Lipinski definition) is 5. The molecule has 0 bridgehead atoms.